The summed E-state index contributed by atoms with van der Waals surface area (Å²) in [6.45, 7) is 0.172. The van der Waals surface area contributed by atoms with E-state index in [9.17, 15) is 5.11 Å². The van der Waals surface area contributed by atoms with E-state index in [1.807, 2.05) is 4.57 Å². The summed E-state index contributed by atoms with van der Waals surface area (Å²) < 4.78 is 2.03. The summed E-state index contributed by atoms with van der Waals surface area (Å²) in [5.41, 5.74) is 7.44. The van der Waals surface area contributed by atoms with Crippen LogP contribution in [0.4, 0.5) is 11.8 Å². The molecule has 0 amide bonds. The molecule has 7 nitrogen and oxygen atoms in total. The molecule has 1 saturated carbocycles. The second-order valence-corrected chi connectivity index (χ2v) is 6.51. The molecule has 7 heteroatoms. The van der Waals surface area contributed by atoms with Crippen molar-refractivity contribution >= 4 is 22.9 Å². The molecule has 0 unspecified atom stereocenters. The number of fused-ring (bicyclic) bond motifs is 1. The number of hydrogen-bond acceptors (Lipinski definition) is 6. The van der Waals surface area contributed by atoms with Crippen LogP contribution in [0.2, 0.25) is 0 Å². The van der Waals surface area contributed by atoms with Gasteiger partial charge in [-0.3, -0.25) is 0 Å². The Bertz CT molecular complexity index is 733. The smallest absolute Gasteiger partial charge is 0.224 e. The average molecular weight is 314 g/mol. The minimum absolute atomic E-state index is 0.158. The minimum Gasteiger partial charge on any atom is -0.396 e. The van der Waals surface area contributed by atoms with Crippen molar-refractivity contribution in [1.82, 2.24) is 19.5 Å². The van der Waals surface area contributed by atoms with E-state index in [2.05, 4.69) is 32.4 Å². The van der Waals surface area contributed by atoms with Crippen molar-refractivity contribution < 1.29 is 5.11 Å². The molecule has 2 aromatic heterocycles. The van der Waals surface area contributed by atoms with E-state index in [-0.39, 0.29) is 24.5 Å². The largest absolute Gasteiger partial charge is 0.396 e. The lowest BCUT2D eigenvalue weighted by atomic mass is 10.1. The summed E-state index contributed by atoms with van der Waals surface area (Å²) in [4.78, 5) is 13.3. The van der Waals surface area contributed by atoms with Gasteiger partial charge in [0.25, 0.3) is 0 Å². The lowest BCUT2D eigenvalue weighted by Crippen LogP contribution is -2.17. The molecule has 0 bridgehead atoms. The van der Waals surface area contributed by atoms with Gasteiger partial charge in [0, 0.05) is 18.6 Å². The Kier molecular flexibility index (Phi) is 3.65. The van der Waals surface area contributed by atoms with Crippen LogP contribution in [0.15, 0.2) is 18.5 Å². The molecule has 2 aliphatic carbocycles. The molecule has 2 aromatic rings. The molecule has 4 N–H and O–H groups in total. The van der Waals surface area contributed by atoms with E-state index in [0.29, 0.717) is 6.04 Å². The van der Waals surface area contributed by atoms with E-state index in [1.54, 1.807) is 6.33 Å². The van der Waals surface area contributed by atoms with E-state index in [0.717, 1.165) is 36.2 Å². The first-order chi connectivity index (χ1) is 11.2. The van der Waals surface area contributed by atoms with Crippen LogP contribution in [0, 0.1) is 5.92 Å². The van der Waals surface area contributed by atoms with E-state index < -0.39 is 0 Å². The Morgan fingerprint density at radius 3 is 2.83 bits per heavy atom. The Balaban J connectivity index is 1.68. The first-order valence-corrected chi connectivity index (χ1v) is 8.30. The van der Waals surface area contributed by atoms with Crippen molar-refractivity contribution in [3.63, 3.8) is 0 Å². The SMILES string of the molecule is Nc1nc(NC2CCCC2)c2ncn([C@@H]3C=C[C@H](CO)C3)c2n1. The molecule has 2 atom stereocenters. The number of aliphatic hydroxyl groups is 1. The third-order valence-corrected chi connectivity index (χ3v) is 4.88. The van der Waals surface area contributed by atoms with Crippen molar-refractivity contribution in [3.05, 3.63) is 18.5 Å². The zero-order chi connectivity index (χ0) is 15.8. The monoisotopic (exact) mass is 314 g/mol. The zero-order valence-corrected chi connectivity index (χ0v) is 13.0. The van der Waals surface area contributed by atoms with Gasteiger partial charge in [-0.2, -0.15) is 9.97 Å². The fraction of sp³-hybridized carbons (Fsp3) is 0.562. The van der Waals surface area contributed by atoms with Crippen molar-refractivity contribution in [1.29, 1.82) is 0 Å². The van der Waals surface area contributed by atoms with Gasteiger partial charge in [0.2, 0.25) is 5.95 Å². The summed E-state index contributed by atoms with van der Waals surface area (Å²) >= 11 is 0. The van der Waals surface area contributed by atoms with Gasteiger partial charge in [0.15, 0.2) is 17.0 Å². The number of imidazole rings is 1. The van der Waals surface area contributed by atoms with Crippen LogP contribution in [0.1, 0.15) is 38.1 Å². The van der Waals surface area contributed by atoms with Crippen LogP contribution in [0.5, 0.6) is 0 Å². The molecular formula is C16H22N6O. The average Bonchev–Trinajstić information content (AvgIpc) is 3.26. The Morgan fingerprint density at radius 1 is 1.26 bits per heavy atom. The van der Waals surface area contributed by atoms with Gasteiger partial charge in [0.1, 0.15) is 0 Å². The number of aromatic nitrogens is 4. The van der Waals surface area contributed by atoms with Crippen LogP contribution in [0.25, 0.3) is 11.2 Å². The maximum atomic E-state index is 9.31. The number of nitrogens with two attached hydrogens (primary N) is 1. The normalized spacial score (nSPS) is 24.7. The Hall–Kier alpha value is -2.15. The quantitative estimate of drug-likeness (QED) is 0.745. The Morgan fingerprint density at radius 2 is 2.09 bits per heavy atom. The summed E-state index contributed by atoms with van der Waals surface area (Å²) in [6, 6.07) is 0.605. The van der Waals surface area contributed by atoms with Crippen LogP contribution in [0.3, 0.4) is 0 Å². The first-order valence-electron chi connectivity index (χ1n) is 8.30. The number of rotatable bonds is 4. The van der Waals surface area contributed by atoms with Crippen molar-refractivity contribution in [3.8, 4) is 0 Å². The highest BCUT2D eigenvalue weighted by molar-refractivity contribution is 5.84. The second kappa shape index (κ2) is 5.81. The van der Waals surface area contributed by atoms with Crippen molar-refractivity contribution in [2.75, 3.05) is 17.7 Å². The predicted octanol–water partition coefficient (Wildman–Crippen LogP) is 1.87. The zero-order valence-electron chi connectivity index (χ0n) is 13.0. The molecule has 0 saturated heterocycles. The van der Waals surface area contributed by atoms with E-state index in [1.165, 1.54) is 12.8 Å². The highest BCUT2D eigenvalue weighted by atomic mass is 16.3. The molecule has 122 valence electrons. The van der Waals surface area contributed by atoms with Crippen molar-refractivity contribution in [2.45, 2.75) is 44.2 Å². The fourth-order valence-electron chi connectivity index (χ4n) is 3.63. The maximum absolute atomic E-state index is 9.31. The Labute approximate surface area is 134 Å². The number of anilines is 2. The van der Waals surface area contributed by atoms with Gasteiger partial charge >= 0.3 is 0 Å². The predicted molar refractivity (Wildman–Crippen MR) is 89.0 cm³/mol. The maximum Gasteiger partial charge on any atom is 0.224 e. The topological polar surface area (TPSA) is 102 Å². The highest BCUT2D eigenvalue weighted by Crippen LogP contribution is 2.32. The van der Waals surface area contributed by atoms with Gasteiger partial charge in [-0.15, -0.1) is 0 Å². The molecule has 2 heterocycles. The highest BCUT2D eigenvalue weighted by Gasteiger charge is 2.24. The van der Waals surface area contributed by atoms with Gasteiger partial charge in [-0.1, -0.05) is 25.0 Å². The van der Waals surface area contributed by atoms with Crippen LogP contribution in [-0.2, 0) is 0 Å². The summed E-state index contributed by atoms with van der Waals surface area (Å²) in [5, 5.41) is 12.8. The van der Waals surface area contributed by atoms with E-state index in [4.69, 9.17) is 5.73 Å². The summed E-state index contributed by atoms with van der Waals surface area (Å²) in [6.07, 6.45) is 11.6. The lowest BCUT2D eigenvalue weighted by molar-refractivity contribution is 0.244. The first kappa shape index (κ1) is 14.4. The lowest BCUT2D eigenvalue weighted by Gasteiger charge is -2.15. The van der Waals surface area contributed by atoms with Crippen LogP contribution < -0.4 is 11.1 Å². The summed E-state index contributed by atoms with van der Waals surface area (Å²) in [5.74, 6) is 1.20. The molecule has 23 heavy (non-hydrogen) atoms. The third-order valence-electron chi connectivity index (χ3n) is 4.88. The van der Waals surface area contributed by atoms with Gasteiger partial charge < -0.3 is 20.7 Å². The molecule has 0 spiro atoms. The molecule has 0 radical (unpaired) electrons. The fourth-order valence-corrected chi connectivity index (χ4v) is 3.63. The number of hydrogen-bond donors (Lipinski definition) is 3. The van der Waals surface area contributed by atoms with Gasteiger partial charge in [0.05, 0.1) is 12.4 Å². The third kappa shape index (κ3) is 2.65. The van der Waals surface area contributed by atoms with Crippen LogP contribution in [-0.4, -0.2) is 37.3 Å². The number of nitrogens with one attached hydrogen (secondary N) is 1. The number of allylic oxidation sites excluding steroid dienone is 1. The molecule has 0 aliphatic heterocycles. The molecular weight excluding hydrogens is 292 g/mol. The summed E-state index contributed by atoms with van der Waals surface area (Å²) in [7, 11) is 0. The second-order valence-electron chi connectivity index (χ2n) is 6.51. The van der Waals surface area contributed by atoms with Crippen LogP contribution >= 0.6 is 0 Å². The molecule has 0 aromatic carbocycles. The molecule has 4 rings (SSSR count). The molecule has 2 aliphatic rings. The standard InChI is InChI=1S/C16H22N6O/c17-16-20-14(19-11-3-1-2-4-11)13-15(21-16)22(9-18-13)12-6-5-10(7-12)8-23/h5-6,9-12,23H,1-4,7-8H2,(H3,17,19,20,21)/t10-,12+/m0/s1. The minimum atomic E-state index is 0.158. The van der Waals surface area contributed by atoms with Gasteiger partial charge in [-0.05, 0) is 19.3 Å². The molecule has 1 fully saturated rings. The number of aliphatic hydroxyl groups excluding tert-OH is 1. The van der Waals surface area contributed by atoms with E-state index >= 15 is 0 Å². The number of nitrogens with zero attached hydrogens (tertiary/aromatic N) is 4. The van der Waals surface area contributed by atoms with Gasteiger partial charge in [-0.25, -0.2) is 4.98 Å². The number of nitrogen functional groups attached to an aromatic ring is 1. The van der Waals surface area contributed by atoms with Crippen molar-refractivity contribution in [2.24, 2.45) is 5.92 Å².